The molecule has 1 aromatic rings. The predicted molar refractivity (Wildman–Crippen MR) is 165 cm³/mol. The van der Waals surface area contributed by atoms with E-state index >= 15 is 0 Å². The number of unbranched alkanes of at least 4 members (excludes halogenated alkanes) is 7. The Bertz CT molecular complexity index is 774. The lowest BCUT2D eigenvalue weighted by molar-refractivity contribution is -0.118. The number of ether oxygens (including phenoxy) is 1. The molecular weight excluding hydrogens is 512 g/mol. The van der Waals surface area contributed by atoms with Gasteiger partial charge in [0.05, 0.1) is 0 Å². The first-order valence-corrected chi connectivity index (χ1v) is 16.8. The largest absolute Gasteiger partial charge is 0.438 e. The van der Waals surface area contributed by atoms with Crippen molar-refractivity contribution in [2.75, 3.05) is 19.3 Å². The van der Waals surface area contributed by atoms with Crippen molar-refractivity contribution < 1.29 is 14.3 Å². The van der Waals surface area contributed by atoms with Crippen LogP contribution in [0.2, 0.25) is 0 Å². The van der Waals surface area contributed by atoms with Crippen molar-refractivity contribution in [1.82, 2.24) is 9.88 Å². The number of allylic oxidation sites excluding steroid dienone is 4. The molecular formula is C31H50N2O3S2. The number of nitrogens with zero attached hydrogens (tertiary/aromatic N) is 2. The quantitative estimate of drug-likeness (QED) is 0.0573. The van der Waals surface area contributed by atoms with E-state index in [9.17, 15) is 9.59 Å². The summed E-state index contributed by atoms with van der Waals surface area (Å²) in [4.78, 5) is 30.6. The van der Waals surface area contributed by atoms with Gasteiger partial charge in [0.15, 0.2) is 12.4 Å². The number of rotatable bonds is 23. The summed E-state index contributed by atoms with van der Waals surface area (Å²) in [6.45, 7) is 4.92. The molecule has 1 aromatic heterocycles. The Labute approximate surface area is 240 Å². The minimum absolute atomic E-state index is 0.0929. The van der Waals surface area contributed by atoms with E-state index in [0.717, 1.165) is 74.9 Å². The van der Waals surface area contributed by atoms with Crippen molar-refractivity contribution in [3.05, 3.63) is 48.7 Å². The number of carbonyl (C=O) groups excluding carboxylic acids is 2. The van der Waals surface area contributed by atoms with E-state index in [0.29, 0.717) is 6.54 Å². The van der Waals surface area contributed by atoms with Crippen LogP contribution in [0.15, 0.2) is 53.7 Å². The van der Waals surface area contributed by atoms with E-state index in [2.05, 4.69) is 43.1 Å². The van der Waals surface area contributed by atoms with Gasteiger partial charge >= 0.3 is 6.09 Å². The lowest BCUT2D eigenvalue weighted by Gasteiger charge is -2.26. The van der Waals surface area contributed by atoms with E-state index in [4.69, 9.17) is 4.74 Å². The minimum atomic E-state index is -0.670. The van der Waals surface area contributed by atoms with Crippen molar-refractivity contribution in [2.24, 2.45) is 5.92 Å². The lowest BCUT2D eigenvalue weighted by Crippen LogP contribution is -2.36. The summed E-state index contributed by atoms with van der Waals surface area (Å²) in [5, 5.41) is 0.950. The number of aldehydes is 1. The third-order valence-electron chi connectivity index (χ3n) is 6.40. The summed E-state index contributed by atoms with van der Waals surface area (Å²) < 4.78 is 5.73. The number of amides is 1. The fraction of sp³-hybridized carbons (Fsp3) is 0.645. The maximum Gasteiger partial charge on any atom is 0.410 e. The molecule has 0 spiro atoms. The van der Waals surface area contributed by atoms with Crippen molar-refractivity contribution >= 4 is 34.0 Å². The van der Waals surface area contributed by atoms with Gasteiger partial charge in [0.2, 0.25) is 0 Å². The summed E-state index contributed by atoms with van der Waals surface area (Å²) in [7, 11) is 4.98. The summed E-state index contributed by atoms with van der Waals surface area (Å²) in [5.41, 5.74) is 0. The number of carbonyl (C=O) groups is 2. The molecule has 0 aliphatic heterocycles. The van der Waals surface area contributed by atoms with Crippen LogP contribution in [0.3, 0.4) is 0 Å². The smallest absolute Gasteiger partial charge is 0.410 e. The molecule has 0 saturated carbocycles. The Morgan fingerprint density at radius 2 is 1.74 bits per heavy atom. The van der Waals surface area contributed by atoms with Crippen molar-refractivity contribution in [2.45, 2.75) is 108 Å². The highest BCUT2D eigenvalue weighted by Crippen LogP contribution is 2.29. The molecule has 0 radical (unpaired) electrons. The molecule has 0 aromatic carbocycles. The van der Waals surface area contributed by atoms with Crippen molar-refractivity contribution in [3.63, 3.8) is 0 Å². The van der Waals surface area contributed by atoms with Crippen LogP contribution in [0.4, 0.5) is 4.79 Å². The number of hydrogen-bond acceptors (Lipinski definition) is 6. The maximum absolute atomic E-state index is 12.7. The summed E-state index contributed by atoms with van der Waals surface area (Å²) in [6, 6.07) is 5.82. The SMILES string of the molecule is CCC=CCC=CCCCCCC(CCCCCCC)C(C=O)OC(=O)N(C)CCSSc1ccccn1. The average molecular weight is 563 g/mol. The third-order valence-corrected chi connectivity index (χ3v) is 8.65. The highest BCUT2D eigenvalue weighted by atomic mass is 33.1. The first-order valence-electron chi connectivity index (χ1n) is 14.5. The molecule has 214 valence electrons. The van der Waals surface area contributed by atoms with Crippen molar-refractivity contribution in [3.8, 4) is 0 Å². The Hall–Kier alpha value is -1.73. The van der Waals surface area contributed by atoms with E-state index in [1.165, 1.54) is 25.7 Å². The van der Waals surface area contributed by atoms with Gasteiger partial charge in [-0.15, -0.1) is 0 Å². The Balaban J connectivity index is 2.46. The molecule has 5 nitrogen and oxygen atoms in total. The van der Waals surface area contributed by atoms with Gasteiger partial charge in [0.1, 0.15) is 5.03 Å². The van der Waals surface area contributed by atoms with E-state index in [1.807, 2.05) is 18.2 Å². The molecule has 38 heavy (non-hydrogen) atoms. The van der Waals surface area contributed by atoms with Gasteiger partial charge in [0, 0.05) is 31.5 Å². The molecule has 0 saturated heterocycles. The monoisotopic (exact) mass is 562 g/mol. The first kappa shape index (κ1) is 34.3. The Morgan fingerprint density at radius 1 is 1.00 bits per heavy atom. The minimum Gasteiger partial charge on any atom is -0.438 e. The number of hydrogen-bond donors (Lipinski definition) is 0. The molecule has 1 rings (SSSR count). The first-order chi connectivity index (χ1) is 18.6. The van der Waals surface area contributed by atoms with Crippen LogP contribution in [-0.2, 0) is 9.53 Å². The van der Waals surface area contributed by atoms with Gasteiger partial charge in [-0.25, -0.2) is 9.78 Å². The zero-order valence-electron chi connectivity index (χ0n) is 23.9. The molecule has 0 fully saturated rings. The molecule has 2 unspecified atom stereocenters. The fourth-order valence-electron chi connectivity index (χ4n) is 4.09. The van der Waals surface area contributed by atoms with Crippen LogP contribution < -0.4 is 0 Å². The predicted octanol–water partition coefficient (Wildman–Crippen LogP) is 9.30. The van der Waals surface area contributed by atoms with E-state index in [-0.39, 0.29) is 5.92 Å². The Kier molecular flexibility index (Phi) is 22.0. The van der Waals surface area contributed by atoms with Gasteiger partial charge in [-0.1, -0.05) is 100.0 Å². The van der Waals surface area contributed by atoms with Gasteiger partial charge in [-0.05, 0) is 61.5 Å². The van der Waals surface area contributed by atoms with Crippen LogP contribution in [0.1, 0.15) is 97.3 Å². The number of pyridine rings is 1. The van der Waals surface area contributed by atoms with Crippen LogP contribution in [0, 0.1) is 5.92 Å². The average Bonchev–Trinajstić information content (AvgIpc) is 2.94. The second-order valence-corrected chi connectivity index (χ2v) is 12.1. The zero-order valence-corrected chi connectivity index (χ0v) is 25.5. The molecule has 0 N–H and O–H groups in total. The van der Waals surface area contributed by atoms with Gasteiger partial charge in [0.25, 0.3) is 0 Å². The lowest BCUT2D eigenvalue weighted by atomic mass is 9.90. The summed E-state index contributed by atoms with van der Waals surface area (Å²) in [5.74, 6) is 0.846. The van der Waals surface area contributed by atoms with Gasteiger partial charge in [-0.3, -0.25) is 4.79 Å². The number of aromatic nitrogens is 1. The molecule has 7 heteroatoms. The van der Waals surface area contributed by atoms with Gasteiger partial charge < -0.3 is 9.64 Å². The van der Waals surface area contributed by atoms with Crippen LogP contribution in [-0.4, -0.2) is 47.7 Å². The molecule has 0 aliphatic rings. The summed E-state index contributed by atoms with van der Waals surface area (Å²) in [6.07, 6.45) is 24.8. The molecule has 1 heterocycles. The maximum atomic E-state index is 12.7. The fourth-order valence-corrected chi connectivity index (χ4v) is 6.01. The third kappa shape index (κ3) is 17.7. The van der Waals surface area contributed by atoms with E-state index < -0.39 is 12.2 Å². The Morgan fingerprint density at radius 3 is 2.42 bits per heavy atom. The molecule has 1 amide bonds. The van der Waals surface area contributed by atoms with E-state index in [1.54, 1.807) is 39.7 Å². The second-order valence-electron chi connectivity index (χ2n) is 9.67. The topological polar surface area (TPSA) is 59.5 Å². The summed E-state index contributed by atoms with van der Waals surface area (Å²) >= 11 is 0. The standard InChI is InChI=1S/C31H50N2O3S2/c1-4-6-8-10-11-12-13-14-16-18-22-28(21-17-15-9-7-5-2)29(27-34)36-31(35)33(3)25-26-37-38-30-23-19-20-24-32-30/h6,8,11-12,19-20,23-24,27-29H,4-5,7,9-10,13-18,21-22,25-26H2,1-3H3. The van der Waals surface area contributed by atoms with Crippen LogP contribution in [0.25, 0.3) is 0 Å². The second kappa shape index (κ2) is 24.3. The normalized spacial score (nSPS) is 13.1. The molecule has 0 bridgehead atoms. The van der Waals surface area contributed by atoms with Crippen LogP contribution >= 0.6 is 21.6 Å². The van der Waals surface area contributed by atoms with Crippen molar-refractivity contribution in [1.29, 1.82) is 0 Å². The zero-order chi connectivity index (χ0) is 27.7. The van der Waals surface area contributed by atoms with Crippen LogP contribution in [0.5, 0.6) is 0 Å². The highest BCUT2D eigenvalue weighted by molar-refractivity contribution is 8.76. The highest BCUT2D eigenvalue weighted by Gasteiger charge is 2.25. The molecule has 0 aliphatic carbocycles. The van der Waals surface area contributed by atoms with Gasteiger partial charge in [-0.2, -0.15) is 0 Å². The molecule has 2 atom stereocenters.